The van der Waals surface area contributed by atoms with Crippen molar-refractivity contribution < 1.29 is 9.90 Å². The van der Waals surface area contributed by atoms with E-state index in [4.69, 9.17) is 0 Å². The van der Waals surface area contributed by atoms with Crippen molar-refractivity contribution in [2.45, 2.75) is 26.3 Å². The molecule has 2 aromatic rings. The number of hydrogen-bond acceptors (Lipinski definition) is 6. The number of nitrogens with zero attached hydrogens (tertiary/aromatic N) is 2. The van der Waals surface area contributed by atoms with Gasteiger partial charge in [-0.15, -0.1) is 11.3 Å². The van der Waals surface area contributed by atoms with Gasteiger partial charge in [-0.05, 0) is 37.8 Å². The lowest BCUT2D eigenvalue weighted by Crippen LogP contribution is -2.30. The van der Waals surface area contributed by atoms with Crippen LogP contribution in [0.3, 0.4) is 0 Å². The van der Waals surface area contributed by atoms with Crippen LogP contribution in [-0.2, 0) is 4.79 Å². The fourth-order valence-corrected chi connectivity index (χ4v) is 3.42. The summed E-state index contributed by atoms with van der Waals surface area (Å²) in [5.74, 6) is 0.556. The summed E-state index contributed by atoms with van der Waals surface area (Å²) in [4.78, 5) is 21.9. The molecule has 0 aliphatic heterocycles. The highest BCUT2D eigenvalue weighted by Crippen LogP contribution is 2.32. The molecule has 0 amide bonds. The number of thioether (sulfide) groups is 1. The van der Waals surface area contributed by atoms with Crippen molar-refractivity contribution in [1.82, 2.24) is 9.97 Å². The van der Waals surface area contributed by atoms with E-state index in [1.54, 1.807) is 23.1 Å². The molecule has 5 nitrogen and oxygen atoms in total. The van der Waals surface area contributed by atoms with Crippen molar-refractivity contribution in [2.75, 3.05) is 17.3 Å². The standard InChI is InChI=1S/C13H17N3O2S2/c1-7-8(2)20-12-10(7)11(14-6-15-12)16-9(13(17)18)4-5-19-3/h6,9H,4-5H2,1-3H3,(H,17,18)(H,14,15,16)/t9-/m1/s1. The van der Waals surface area contributed by atoms with E-state index >= 15 is 0 Å². The highest BCUT2D eigenvalue weighted by atomic mass is 32.2. The van der Waals surface area contributed by atoms with E-state index in [2.05, 4.69) is 15.3 Å². The Morgan fingerprint density at radius 3 is 2.90 bits per heavy atom. The summed E-state index contributed by atoms with van der Waals surface area (Å²) in [6.45, 7) is 4.05. The van der Waals surface area contributed by atoms with Crippen LogP contribution in [0.2, 0.25) is 0 Å². The van der Waals surface area contributed by atoms with Crippen LogP contribution < -0.4 is 5.32 Å². The van der Waals surface area contributed by atoms with Gasteiger partial charge in [0.15, 0.2) is 0 Å². The second-order valence-corrected chi connectivity index (χ2v) is 6.69. The number of hydrogen-bond donors (Lipinski definition) is 2. The third-order valence-corrected chi connectivity index (χ3v) is 4.94. The molecule has 108 valence electrons. The number of carboxylic acid groups (broad SMARTS) is 1. The summed E-state index contributed by atoms with van der Waals surface area (Å²) >= 11 is 3.24. The van der Waals surface area contributed by atoms with Crippen molar-refractivity contribution in [3.8, 4) is 0 Å². The highest BCUT2D eigenvalue weighted by molar-refractivity contribution is 7.98. The summed E-state index contributed by atoms with van der Waals surface area (Å²) in [7, 11) is 0. The van der Waals surface area contributed by atoms with Crippen molar-refractivity contribution in [2.24, 2.45) is 0 Å². The Balaban J connectivity index is 2.34. The van der Waals surface area contributed by atoms with Gasteiger partial charge in [-0.3, -0.25) is 0 Å². The molecule has 0 aliphatic rings. The zero-order chi connectivity index (χ0) is 14.7. The Labute approximate surface area is 125 Å². The van der Waals surface area contributed by atoms with Gasteiger partial charge in [0.25, 0.3) is 0 Å². The number of aromatic nitrogens is 2. The summed E-state index contributed by atoms with van der Waals surface area (Å²) in [5.41, 5.74) is 1.11. The minimum atomic E-state index is -0.851. The van der Waals surface area contributed by atoms with Gasteiger partial charge in [0.05, 0.1) is 5.39 Å². The maximum atomic E-state index is 11.3. The zero-order valence-corrected chi connectivity index (χ0v) is 13.3. The topological polar surface area (TPSA) is 75.1 Å². The summed E-state index contributed by atoms with van der Waals surface area (Å²) < 4.78 is 0. The van der Waals surface area contributed by atoms with Crippen LogP contribution >= 0.6 is 23.1 Å². The minimum Gasteiger partial charge on any atom is -0.480 e. The van der Waals surface area contributed by atoms with E-state index in [1.807, 2.05) is 20.1 Å². The molecule has 2 rings (SSSR count). The molecule has 0 aromatic carbocycles. The predicted octanol–water partition coefficient (Wildman–Crippen LogP) is 2.93. The van der Waals surface area contributed by atoms with Gasteiger partial charge in [0, 0.05) is 4.88 Å². The molecule has 20 heavy (non-hydrogen) atoms. The molecule has 0 spiro atoms. The first-order valence-corrected chi connectivity index (χ1v) is 8.44. The van der Waals surface area contributed by atoms with Crippen molar-refractivity contribution >= 4 is 45.1 Å². The summed E-state index contributed by atoms with van der Waals surface area (Å²) in [6, 6.07) is -0.625. The van der Waals surface area contributed by atoms with Crippen molar-refractivity contribution in [3.63, 3.8) is 0 Å². The molecule has 0 saturated heterocycles. The lowest BCUT2D eigenvalue weighted by Gasteiger charge is -2.15. The predicted molar refractivity (Wildman–Crippen MR) is 84.9 cm³/mol. The number of nitrogens with one attached hydrogen (secondary N) is 1. The number of anilines is 1. The van der Waals surface area contributed by atoms with Gasteiger partial charge in [-0.1, -0.05) is 0 Å². The second-order valence-electron chi connectivity index (χ2n) is 4.50. The number of thiophene rings is 1. The van der Waals surface area contributed by atoms with Crippen molar-refractivity contribution in [3.05, 3.63) is 16.8 Å². The molecule has 1 atom stereocenters. The zero-order valence-electron chi connectivity index (χ0n) is 11.6. The molecule has 0 fully saturated rings. The average molecular weight is 311 g/mol. The molecule has 2 heterocycles. The van der Waals surface area contributed by atoms with E-state index in [0.29, 0.717) is 12.2 Å². The van der Waals surface area contributed by atoms with Gasteiger partial charge in [-0.25, -0.2) is 14.8 Å². The maximum absolute atomic E-state index is 11.3. The Bertz CT molecular complexity index is 627. The molecule has 2 N–H and O–H groups in total. The first-order chi connectivity index (χ1) is 9.54. The number of fused-ring (bicyclic) bond motifs is 1. The molecule has 7 heteroatoms. The number of aryl methyl sites for hydroxylation is 2. The fourth-order valence-electron chi connectivity index (χ4n) is 1.95. The lowest BCUT2D eigenvalue weighted by atomic mass is 10.2. The highest BCUT2D eigenvalue weighted by Gasteiger charge is 2.20. The number of carbonyl (C=O) groups is 1. The first-order valence-electron chi connectivity index (χ1n) is 6.23. The largest absolute Gasteiger partial charge is 0.480 e. The van der Waals surface area contributed by atoms with Crippen LogP contribution in [0.5, 0.6) is 0 Å². The summed E-state index contributed by atoms with van der Waals surface area (Å²) in [6.07, 6.45) is 4.01. The van der Waals surface area contributed by atoms with E-state index in [1.165, 1.54) is 11.2 Å². The molecule has 0 aliphatic carbocycles. The normalized spacial score (nSPS) is 12.6. The van der Waals surface area contributed by atoms with Crippen LogP contribution in [-0.4, -0.2) is 39.1 Å². The molecule has 0 unspecified atom stereocenters. The Kier molecular flexibility index (Phi) is 4.82. The van der Waals surface area contributed by atoms with Crippen LogP contribution in [0.4, 0.5) is 5.82 Å². The maximum Gasteiger partial charge on any atom is 0.326 e. The molecule has 0 radical (unpaired) electrons. The lowest BCUT2D eigenvalue weighted by molar-refractivity contribution is -0.137. The third-order valence-electron chi connectivity index (χ3n) is 3.19. The second kappa shape index (κ2) is 6.41. The Hall–Kier alpha value is -1.34. The molecular formula is C13H17N3O2S2. The summed E-state index contributed by atoms with van der Waals surface area (Å²) in [5, 5.41) is 13.3. The van der Waals surface area contributed by atoms with Crippen molar-refractivity contribution in [1.29, 1.82) is 0 Å². The molecule has 0 bridgehead atoms. The van der Waals surface area contributed by atoms with E-state index in [9.17, 15) is 9.90 Å². The number of rotatable bonds is 6. The van der Waals surface area contributed by atoms with Gasteiger partial charge < -0.3 is 10.4 Å². The van der Waals surface area contributed by atoms with Gasteiger partial charge in [0.1, 0.15) is 23.0 Å². The third kappa shape index (κ3) is 3.04. The van der Waals surface area contributed by atoms with Gasteiger partial charge in [-0.2, -0.15) is 11.8 Å². The number of carboxylic acids is 1. The SMILES string of the molecule is CSCC[C@@H](Nc1ncnc2sc(C)c(C)c12)C(=O)O. The molecule has 2 aromatic heterocycles. The van der Waals surface area contributed by atoms with E-state index < -0.39 is 12.0 Å². The molecule has 0 saturated carbocycles. The van der Waals surface area contributed by atoms with E-state index in [-0.39, 0.29) is 0 Å². The number of aliphatic carboxylic acids is 1. The smallest absolute Gasteiger partial charge is 0.326 e. The van der Waals surface area contributed by atoms with Gasteiger partial charge >= 0.3 is 5.97 Å². The quantitative estimate of drug-likeness (QED) is 0.854. The van der Waals surface area contributed by atoms with Gasteiger partial charge in [0.2, 0.25) is 0 Å². The fraction of sp³-hybridized carbons (Fsp3) is 0.462. The molecular weight excluding hydrogens is 294 g/mol. The Morgan fingerprint density at radius 2 is 2.25 bits per heavy atom. The van der Waals surface area contributed by atoms with Crippen LogP contribution in [0.15, 0.2) is 6.33 Å². The Morgan fingerprint density at radius 1 is 1.50 bits per heavy atom. The average Bonchev–Trinajstić information content (AvgIpc) is 2.70. The van der Waals surface area contributed by atoms with Crippen LogP contribution in [0.25, 0.3) is 10.2 Å². The first kappa shape index (κ1) is 15.1. The monoisotopic (exact) mass is 311 g/mol. The van der Waals surface area contributed by atoms with Crippen LogP contribution in [0, 0.1) is 13.8 Å². The van der Waals surface area contributed by atoms with E-state index in [0.717, 1.165) is 21.5 Å². The minimum absolute atomic E-state index is 0.560. The van der Waals surface area contributed by atoms with Crippen LogP contribution in [0.1, 0.15) is 16.9 Å².